The van der Waals surface area contributed by atoms with Crippen molar-refractivity contribution in [1.82, 2.24) is 20.0 Å². The smallest absolute Gasteiger partial charge is 0.291 e. The normalized spacial score (nSPS) is 16.1. The van der Waals surface area contributed by atoms with Crippen LogP contribution < -0.4 is 10.9 Å². The van der Waals surface area contributed by atoms with Crippen LogP contribution in [-0.4, -0.2) is 20.0 Å². The number of hydrogen-bond donors (Lipinski definition) is 2. The number of aromatic amines is 1. The number of aromatic nitrogens is 4. The van der Waals surface area contributed by atoms with Gasteiger partial charge in [-0.2, -0.15) is 10.2 Å². The highest BCUT2D eigenvalue weighted by molar-refractivity contribution is 6.33. The Balaban J connectivity index is 1.85. The zero-order valence-corrected chi connectivity index (χ0v) is 11.9. The average molecular weight is 294 g/mol. The molecule has 3 rings (SSSR count). The maximum absolute atomic E-state index is 12.4. The van der Waals surface area contributed by atoms with E-state index in [1.54, 1.807) is 12.4 Å². The van der Waals surface area contributed by atoms with Gasteiger partial charge in [-0.25, -0.2) is 4.68 Å². The zero-order valence-electron chi connectivity index (χ0n) is 11.1. The minimum atomic E-state index is -0.167. The molecule has 2 heterocycles. The Bertz CT molecular complexity index is 647. The third-order valence-electron chi connectivity index (χ3n) is 3.51. The number of nitrogens with one attached hydrogen (secondary N) is 2. The van der Waals surface area contributed by atoms with Crippen molar-refractivity contribution in [1.29, 1.82) is 0 Å². The summed E-state index contributed by atoms with van der Waals surface area (Å²) in [6.07, 6.45) is 7.37. The average Bonchev–Trinajstić information content (AvgIpc) is 3.07. The van der Waals surface area contributed by atoms with E-state index in [1.807, 2.05) is 6.92 Å². The Labute approximate surface area is 121 Å². The van der Waals surface area contributed by atoms with E-state index in [0.29, 0.717) is 23.2 Å². The molecule has 1 fully saturated rings. The highest BCUT2D eigenvalue weighted by atomic mass is 35.5. The van der Waals surface area contributed by atoms with E-state index in [4.69, 9.17) is 11.6 Å². The van der Waals surface area contributed by atoms with E-state index < -0.39 is 0 Å². The summed E-state index contributed by atoms with van der Waals surface area (Å²) in [5.41, 5.74) is 1.20. The topological polar surface area (TPSA) is 75.6 Å². The van der Waals surface area contributed by atoms with Gasteiger partial charge in [-0.05, 0) is 25.7 Å². The van der Waals surface area contributed by atoms with Crippen LogP contribution in [0.2, 0.25) is 5.02 Å². The predicted octanol–water partition coefficient (Wildman–Crippen LogP) is 2.20. The molecule has 2 aromatic heterocycles. The molecule has 6 nitrogen and oxygen atoms in total. The standard InChI is InChI=1S/C13H16ClN5O/c1-8(10-4-15-16-5-10)18-12-11(14)6-17-19(13(12)20)7-9-2-3-9/h4-6,8-9,18H,2-3,7H2,1H3,(H,15,16). The third kappa shape index (κ3) is 2.70. The lowest BCUT2D eigenvalue weighted by Crippen LogP contribution is -2.27. The van der Waals surface area contributed by atoms with Crippen LogP contribution in [0.25, 0.3) is 0 Å². The van der Waals surface area contributed by atoms with Crippen LogP contribution in [0.4, 0.5) is 5.69 Å². The van der Waals surface area contributed by atoms with Crippen LogP contribution in [0.1, 0.15) is 31.4 Å². The van der Waals surface area contributed by atoms with Gasteiger partial charge in [-0.15, -0.1) is 0 Å². The summed E-state index contributed by atoms with van der Waals surface area (Å²) in [5, 5.41) is 14.3. The lowest BCUT2D eigenvalue weighted by atomic mass is 10.2. The number of nitrogens with zero attached hydrogens (tertiary/aromatic N) is 3. The maximum Gasteiger partial charge on any atom is 0.291 e. The molecule has 0 bridgehead atoms. The second-order valence-corrected chi connectivity index (χ2v) is 5.60. The highest BCUT2D eigenvalue weighted by Crippen LogP contribution is 2.30. The van der Waals surface area contributed by atoms with Gasteiger partial charge in [-0.1, -0.05) is 11.6 Å². The summed E-state index contributed by atoms with van der Waals surface area (Å²) < 4.78 is 1.49. The van der Waals surface area contributed by atoms with E-state index in [2.05, 4.69) is 20.6 Å². The Morgan fingerprint density at radius 2 is 2.35 bits per heavy atom. The van der Waals surface area contributed by atoms with Crippen LogP contribution in [-0.2, 0) is 6.54 Å². The second kappa shape index (κ2) is 5.28. The summed E-state index contributed by atoms with van der Waals surface area (Å²) in [7, 11) is 0. The summed E-state index contributed by atoms with van der Waals surface area (Å²) in [6, 6.07) is -0.0595. The Hall–Kier alpha value is -1.82. The van der Waals surface area contributed by atoms with Crippen molar-refractivity contribution in [3.8, 4) is 0 Å². The van der Waals surface area contributed by atoms with E-state index in [0.717, 1.165) is 5.56 Å². The van der Waals surface area contributed by atoms with Gasteiger partial charge < -0.3 is 5.32 Å². The molecule has 1 atom stereocenters. The molecule has 1 aliphatic rings. The molecule has 0 spiro atoms. The molecule has 106 valence electrons. The number of H-pyrrole nitrogens is 1. The summed E-state index contributed by atoms with van der Waals surface area (Å²) >= 11 is 6.10. The van der Waals surface area contributed by atoms with Crippen molar-refractivity contribution in [3.05, 3.63) is 39.5 Å². The fourth-order valence-corrected chi connectivity index (χ4v) is 2.25. The number of halogens is 1. The SMILES string of the molecule is CC(Nc1c(Cl)cnn(CC2CC2)c1=O)c1cn[nH]c1. The van der Waals surface area contributed by atoms with Gasteiger partial charge in [0.25, 0.3) is 5.56 Å². The molecule has 2 N–H and O–H groups in total. The maximum atomic E-state index is 12.4. The first-order valence-electron chi connectivity index (χ1n) is 6.66. The number of anilines is 1. The Morgan fingerprint density at radius 1 is 1.55 bits per heavy atom. The van der Waals surface area contributed by atoms with Crippen LogP contribution in [0.5, 0.6) is 0 Å². The van der Waals surface area contributed by atoms with Crippen molar-refractivity contribution in [2.45, 2.75) is 32.4 Å². The van der Waals surface area contributed by atoms with E-state index in [9.17, 15) is 4.79 Å². The lowest BCUT2D eigenvalue weighted by molar-refractivity contribution is 0.534. The van der Waals surface area contributed by atoms with Gasteiger partial charge in [0.1, 0.15) is 5.69 Å². The third-order valence-corrected chi connectivity index (χ3v) is 3.79. The van der Waals surface area contributed by atoms with Crippen molar-refractivity contribution in [2.24, 2.45) is 5.92 Å². The largest absolute Gasteiger partial charge is 0.373 e. The molecule has 1 unspecified atom stereocenters. The molecule has 0 saturated heterocycles. The van der Waals surface area contributed by atoms with Crippen LogP contribution in [0, 0.1) is 5.92 Å². The summed E-state index contributed by atoms with van der Waals surface area (Å²) in [4.78, 5) is 12.4. The molecule has 0 aromatic carbocycles. The Kier molecular flexibility index (Phi) is 3.48. The van der Waals surface area contributed by atoms with Gasteiger partial charge in [0.05, 0.1) is 23.5 Å². The first-order chi connectivity index (χ1) is 9.65. The van der Waals surface area contributed by atoms with E-state index in [1.165, 1.54) is 23.7 Å². The fourth-order valence-electron chi connectivity index (χ4n) is 2.07. The van der Waals surface area contributed by atoms with Crippen LogP contribution in [0.3, 0.4) is 0 Å². The van der Waals surface area contributed by atoms with Crippen molar-refractivity contribution >= 4 is 17.3 Å². The number of rotatable bonds is 5. The predicted molar refractivity (Wildman–Crippen MR) is 76.9 cm³/mol. The van der Waals surface area contributed by atoms with Gasteiger partial charge in [0, 0.05) is 18.3 Å². The summed E-state index contributed by atoms with van der Waals surface area (Å²) in [5.74, 6) is 0.584. The lowest BCUT2D eigenvalue weighted by Gasteiger charge is -2.15. The molecule has 20 heavy (non-hydrogen) atoms. The van der Waals surface area contributed by atoms with Crippen LogP contribution in [0.15, 0.2) is 23.4 Å². The second-order valence-electron chi connectivity index (χ2n) is 5.20. The van der Waals surface area contributed by atoms with Gasteiger partial charge >= 0.3 is 0 Å². The zero-order chi connectivity index (χ0) is 14.1. The van der Waals surface area contributed by atoms with Crippen molar-refractivity contribution < 1.29 is 0 Å². The molecule has 2 aromatic rings. The van der Waals surface area contributed by atoms with Crippen molar-refractivity contribution in [2.75, 3.05) is 5.32 Å². The molecule has 1 saturated carbocycles. The first kappa shape index (κ1) is 13.2. The van der Waals surface area contributed by atoms with Gasteiger partial charge in [0.15, 0.2) is 0 Å². The Morgan fingerprint density at radius 3 is 3.00 bits per heavy atom. The van der Waals surface area contributed by atoms with Gasteiger partial charge in [0.2, 0.25) is 0 Å². The minimum absolute atomic E-state index is 0.0595. The molecular weight excluding hydrogens is 278 g/mol. The molecule has 7 heteroatoms. The fraction of sp³-hybridized carbons (Fsp3) is 0.462. The summed E-state index contributed by atoms with van der Waals surface area (Å²) in [6.45, 7) is 2.62. The molecule has 1 aliphatic carbocycles. The number of hydrogen-bond acceptors (Lipinski definition) is 4. The highest BCUT2D eigenvalue weighted by Gasteiger charge is 2.24. The molecule has 0 amide bonds. The quantitative estimate of drug-likeness (QED) is 0.886. The minimum Gasteiger partial charge on any atom is -0.373 e. The first-order valence-corrected chi connectivity index (χ1v) is 7.04. The van der Waals surface area contributed by atoms with E-state index >= 15 is 0 Å². The monoisotopic (exact) mass is 293 g/mol. The van der Waals surface area contributed by atoms with Gasteiger partial charge in [-0.3, -0.25) is 9.89 Å². The van der Waals surface area contributed by atoms with Crippen LogP contribution >= 0.6 is 11.6 Å². The molecule has 0 radical (unpaired) electrons. The molecular formula is C13H16ClN5O. The molecule has 0 aliphatic heterocycles. The van der Waals surface area contributed by atoms with Crippen molar-refractivity contribution in [3.63, 3.8) is 0 Å². The van der Waals surface area contributed by atoms with E-state index in [-0.39, 0.29) is 11.6 Å².